The van der Waals surface area contributed by atoms with Crippen molar-refractivity contribution in [3.05, 3.63) is 65.9 Å². The highest BCUT2D eigenvalue weighted by Crippen LogP contribution is 2.26. The lowest BCUT2D eigenvalue weighted by molar-refractivity contribution is 0.208. The van der Waals surface area contributed by atoms with E-state index in [4.69, 9.17) is 0 Å². The maximum Gasteiger partial charge on any atom is 0.321 e. The number of carbonyl (C=O) groups is 1. The number of anilines is 2. The van der Waals surface area contributed by atoms with E-state index in [1.165, 1.54) is 5.56 Å². The number of hydrogen-bond donors (Lipinski definition) is 1. The van der Waals surface area contributed by atoms with Crippen LogP contribution in [-0.2, 0) is 6.42 Å². The first kappa shape index (κ1) is 18.3. The van der Waals surface area contributed by atoms with Crippen LogP contribution in [0.5, 0.6) is 0 Å². The van der Waals surface area contributed by atoms with Crippen molar-refractivity contribution in [2.75, 3.05) is 36.4 Å². The third kappa shape index (κ3) is 3.52. The molecule has 2 heterocycles. The van der Waals surface area contributed by atoms with E-state index in [1.807, 2.05) is 36.2 Å². The van der Waals surface area contributed by atoms with Gasteiger partial charge < -0.3 is 15.1 Å². The van der Waals surface area contributed by atoms with Gasteiger partial charge in [0.05, 0.1) is 11.2 Å². The van der Waals surface area contributed by atoms with Gasteiger partial charge in [-0.2, -0.15) is 0 Å². The third-order valence-corrected chi connectivity index (χ3v) is 5.49. The summed E-state index contributed by atoms with van der Waals surface area (Å²) >= 11 is 0. The summed E-state index contributed by atoms with van der Waals surface area (Å²) in [5, 5.41) is 4.29. The zero-order valence-electron chi connectivity index (χ0n) is 16.5. The molecular formula is C23H26N4O. The molecule has 0 saturated carbocycles. The second-order valence-corrected chi connectivity index (χ2v) is 7.22. The van der Waals surface area contributed by atoms with E-state index >= 15 is 0 Å². The monoisotopic (exact) mass is 374 g/mol. The Morgan fingerprint density at radius 1 is 1.04 bits per heavy atom. The Bertz CT molecular complexity index is 988. The van der Waals surface area contributed by atoms with Gasteiger partial charge in [-0.15, -0.1) is 0 Å². The second kappa shape index (κ2) is 7.89. The van der Waals surface area contributed by atoms with Crippen molar-refractivity contribution in [2.45, 2.75) is 20.3 Å². The lowest BCUT2D eigenvalue weighted by Crippen LogP contribution is -2.50. The van der Waals surface area contributed by atoms with Crippen molar-refractivity contribution >= 4 is 28.3 Å². The molecule has 1 aromatic heterocycles. The smallest absolute Gasteiger partial charge is 0.321 e. The van der Waals surface area contributed by atoms with Crippen LogP contribution in [0.1, 0.15) is 18.1 Å². The molecule has 1 fully saturated rings. The summed E-state index contributed by atoms with van der Waals surface area (Å²) in [6.45, 7) is 7.15. The first-order valence-electron chi connectivity index (χ1n) is 9.90. The van der Waals surface area contributed by atoms with Crippen LogP contribution in [0.25, 0.3) is 10.9 Å². The number of fused-ring (bicyclic) bond motifs is 1. The Hall–Kier alpha value is -3.08. The van der Waals surface area contributed by atoms with E-state index in [1.54, 1.807) is 0 Å². The molecule has 1 aliphatic rings. The molecule has 0 bridgehead atoms. The fraction of sp³-hybridized carbons (Fsp3) is 0.304. The number of aryl methyl sites for hydroxylation is 2. The number of amides is 2. The fourth-order valence-corrected chi connectivity index (χ4v) is 3.88. The van der Waals surface area contributed by atoms with E-state index < -0.39 is 0 Å². The summed E-state index contributed by atoms with van der Waals surface area (Å²) in [5.41, 5.74) is 5.40. The Morgan fingerprint density at radius 2 is 1.79 bits per heavy atom. The molecule has 2 amide bonds. The number of carbonyl (C=O) groups excluding carboxylic acids is 1. The average molecular weight is 374 g/mol. The lowest BCUT2D eigenvalue weighted by atomic mass is 10.1. The SMILES string of the molecule is CCc1cccc(C)c1NC(=O)N1CCN(c2cccc3cccnc23)CC1. The van der Waals surface area contributed by atoms with Crippen molar-refractivity contribution in [2.24, 2.45) is 0 Å². The number of nitrogens with one attached hydrogen (secondary N) is 1. The molecular weight excluding hydrogens is 348 g/mol. The van der Waals surface area contributed by atoms with Crippen LogP contribution in [-0.4, -0.2) is 42.1 Å². The lowest BCUT2D eigenvalue weighted by Gasteiger charge is -2.36. The molecule has 0 atom stereocenters. The summed E-state index contributed by atoms with van der Waals surface area (Å²) in [6, 6.07) is 16.5. The molecule has 5 heteroatoms. The number of aromatic nitrogens is 1. The molecule has 144 valence electrons. The van der Waals surface area contributed by atoms with Crippen LogP contribution in [0.3, 0.4) is 0 Å². The van der Waals surface area contributed by atoms with E-state index in [9.17, 15) is 4.79 Å². The summed E-state index contributed by atoms with van der Waals surface area (Å²) in [7, 11) is 0. The van der Waals surface area contributed by atoms with Crippen molar-refractivity contribution in [3.63, 3.8) is 0 Å². The van der Waals surface area contributed by atoms with E-state index in [-0.39, 0.29) is 6.03 Å². The van der Waals surface area contributed by atoms with Crippen molar-refractivity contribution in [1.82, 2.24) is 9.88 Å². The van der Waals surface area contributed by atoms with Crippen LogP contribution in [0, 0.1) is 6.92 Å². The number of nitrogens with zero attached hydrogens (tertiary/aromatic N) is 3. The van der Waals surface area contributed by atoms with Gasteiger partial charge in [0.1, 0.15) is 0 Å². The number of para-hydroxylation sites is 2. The predicted molar refractivity (Wildman–Crippen MR) is 115 cm³/mol. The van der Waals surface area contributed by atoms with Gasteiger partial charge in [0.2, 0.25) is 0 Å². The molecule has 5 nitrogen and oxygen atoms in total. The maximum absolute atomic E-state index is 12.8. The number of benzene rings is 2. The van der Waals surface area contributed by atoms with Crippen LogP contribution in [0.2, 0.25) is 0 Å². The molecule has 1 saturated heterocycles. The molecule has 1 aliphatic heterocycles. The van der Waals surface area contributed by atoms with Crippen LogP contribution >= 0.6 is 0 Å². The quantitative estimate of drug-likeness (QED) is 0.736. The van der Waals surface area contributed by atoms with Gasteiger partial charge in [0.25, 0.3) is 0 Å². The van der Waals surface area contributed by atoms with Crippen LogP contribution in [0.4, 0.5) is 16.2 Å². The topological polar surface area (TPSA) is 48.5 Å². The van der Waals surface area contributed by atoms with Crippen molar-refractivity contribution in [1.29, 1.82) is 0 Å². The van der Waals surface area contributed by atoms with Gasteiger partial charge in [-0.1, -0.05) is 43.3 Å². The Kier molecular flexibility index (Phi) is 5.15. The normalized spacial score (nSPS) is 14.4. The maximum atomic E-state index is 12.8. The Labute approximate surface area is 166 Å². The summed E-state index contributed by atoms with van der Waals surface area (Å²) in [5.74, 6) is 0. The van der Waals surface area contributed by atoms with Gasteiger partial charge in [-0.3, -0.25) is 4.98 Å². The molecule has 0 aliphatic carbocycles. The van der Waals surface area contributed by atoms with Gasteiger partial charge in [0.15, 0.2) is 0 Å². The van der Waals surface area contributed by atoms with Gasteiger partial charge >= 0.3 is 6.03 Å². The average Bonchev–Trinajstić information content (AvgIpc) is 2.75. The molecule has 2 aromatic carbocycles. The Morgan fingerprint density at radius 3 is 2.57 bits per heavy atom. The van der Waals surface area contributed by atoms with Gasteiger partial charge in [0, 0.05) is 43.4 Å². The molecule has 0 radical (unpaired) electrons. The highest BCUT2D eigenvalue weighted by molar-refractivity contribution is 5.92. The van der Waals surface area contributed by atoms with Gasteiger partial charge in [-0.25, -0.2) is 4.79 Å². The van der Waals surface area contributed by atoms with Crippen LogP contribution < -0.4 is 10.2 Å². The zero-order chi connectivity index (χ0) is 19.5. The zero-order valence-corrected chi connectivity index (χ0v) is 16.5. The highest BCUT2D eigenvalue weighted by atomic mass is 16.2. The molecule has 3 aromatic rings. The highest BCUT2D eigenvalue weighted by Gasteiger charge is 2.23. The standard InChI is InChI=1S/C23H26N4O/c1-3-18-8-4-7-17(2)21(18)25-23(28)27-15-13-26(14-16-27)20-11-5-9-19-10-6-12-24-22(19)20/h4-12H,3,13-16H2,1-2H3,(H,25,28). The number of pyridine rings is 1. The molecule has 1 N–H and O–H groups in total. The predicted octanol–water partition coefficient (Wildman–Crippen LogP) is 4.46. The van der Waals surface area contributed by atoms with Crippen molar-refractivity contribution in [3.8, 4) is 0 Å². The first-order chi connectivity index (χ1) is 13.7. The fourth-order valence-electron chi connectivity index (χ4n) is 3.88. The van der Waals surface area contributed by atoms with E-state index in [2.05, 4.69) is 52.5 Å². The minimum absolute atomic E-state index is 0.0142. The summed E-state index contributed by atoms with van der Waals surface area (Å²) in [6.07, 6.45) is 2.74. The molecule has 0 spiro atoms. The number of urea groups is 1. The molecule has 4 rings (SSSR count). The van der Waals surface area contributed by atoms with Gasteiger partial charge in [-0.05, 0) is 36.6 Å². The second-order valence-electron chi connectivity index (χ2n) is 7.22. The van der Waals surface area contributed by atoms with Crippen LogP contribution in [0.15, 0.2) is 54.7 Å². The first-order valence-corrected chi connectivity index (χ1v) is 9.90. The molecule has 28 heavy (non-hydrogen) atoms. The minimum atomic E-state index is -0.0142. The number of hydrogen-bond acceptors (Lipinski definition) is 3. The van der Waals surface area contributed by atoms with Crippen molar-refractivity contribution < 1.29 is 4.79 Å². The molecule has 0 unspecified atom stereocenters. The number of rotatable bonds is 3. The summed E-state index contributed by atoms with van der Waals surface area (Å²) < 4.78 is 0. The Balaban J connectivity index is 1.45. The van der Waals surface area contributed by atoms with E-state index in [0.29, 0.717) is 13.1 Å². The third-order valence-electron chi connectivity index (χ3n) is 5.49. The minimum Gasteiger partial charge on any atom is -0.366 e. The largest absolute Gasteiger partial charge is 0.366 e. The number of piperazine rings is 1. The summed E-state index contributed by atoms with van der Waals surface area (Å²) in [4.78, 5) is 21.6. The van der Waals surface area contributed by atoms with E-state index in [0.717, 1.165) is 47.4 Å².